The van der Waals surface area contributed by atoms with E-state index in [4.69, 9.17) is 5.14 Å². The Morgan fingerprint density at radius 3 is 2.26 bits per heavy atom. The molecule has 0 radical (unpaired) electrons. The summed E-state index contributed by atoms with van der Waals surface area (Å²) in [6.45, 7) is 1.54. The van der Waals surface area contributed by atoms with E-state index in [0.29, 0.717) is 5.56 Å². The van der Waals surface area contributed by atoms with Crippen molar-refractivity contribution >= 4 is 26.0 Å². The molecule has 34 heavy (non-hydrogen) atoms. The van der Waals surface area contributed by atoms with E-state index in [0.717, 1.165) is 18.2 Å². The van der Waals surface area contributed by atoms with E-state index in [-0.39, 0.29) is 17.0 Å². The number of halogens is 3. The Balaban J connectivity index is 2.39. The molecule has 2 aromatic rings. The summed E-state index contributed by atoms with van der Waals surface area (Å²) in [5.74, 6) is 4.43. The van der Waals surface area contributed by atoms with Gasteiger partial charge in [0.05, 0.1) is 6.61 Å². The number of nitrogens with one attached hydrogen (secondary N) is 1. The van der Waals surface area contributed by atoms with Gasteiger partial charge in [0.25, 0.3) is 15.9 Å². The van der Waals surface area contributed by atoms with Gasteiger partial charge in [-0.15, -0.1) is 0 Å². The van der Waals surface area contributed by atoms with Crippen molar-refractivity contribution in [2.75, 3.05) is 6.61 Å². The Bertz CT molecular complexity index is 1340. The highest BCUT2D eigenvalue weighted by atomic mass is 32.2. The second-order valence-electron chi connectivity index (χ2n) is 7.33. The third-order valence-electron chi connectivity index (χ3n) is 4.06. The number of benzene rings is 2. The average Bonchev–Trinajstić information content (AvgIpc) is 2.70. The second-order valence-corrected chi connectivity index (χ2v) is 10.5. The van der Waals surface area contributed by atoms with Crippen molar-refractivity contribution in [3.63, 3.8) is 0 Å². The van der Waals surface area contributed by atoms with Crippen LogP contribution in [0.4, 0.5) is 13.2 Å². The molecule has 0 fully saturated rings. The lowest BCUT2D eigenvalue weighted by molar-refractivity contribution is -0.176. The highest BCUT2D eigenvalue weighted by Crippen LogP contribution is 2.21. The van der Waals surface area contributed by atoms with E-state index in [1.165, 1.54) is 24.3 Å². The van der Waals surface area contributed by atoms with Gasteiger partial charge in [-0.1, -0.05) is 37.8 Å². The fraction of sp³-hybridized carbons (Fsp3) is 0.286. The number of carbonyl (C=O) groups excluding carboxylic acids is 1. The van der Waals surface area contributed by atoms with Crippen LogP contribution < -0.4 is 9.86 Å². The molecule has 8 nitrogen and oxygen atoms in total. The first-order chi connectivity index (χ1) is 15.6. The van der Waals surface area contributed by atoms with E-state index in [9.17, 15) is 34.8 Å². The van der Waals surface area contributed by atoms with Crippen LogP contribution in [0.15, 0.2) is 52.3 Å². The smallest absolute Gasteiger partial charge is 0.367 e. The maximum absolute atomic E-state index is 12.7. The van der Waals surface area contributed by atoms with Crippen LogP contribution in [0.3, 0.4) is 0 Å². The second kappa shape index (κ2) is 10.6. The highest BCUT2D eigenvalue weighted by Gasteiger charge is 2.28. The molecular weight excluding hydrogens is 497 g/mol. The minimum atomic E-state index is -4.67. The third-order valence-corrected chi connectivity index (χ3v) is 6.55. The van der Waals surface area contributed by atoms with Gasteiger partial charge in [-0.25, -0.2) is 26.7 Å². The van der Waals surface area contributed by atoms with Crippen LogP contribution in [0, 0.1) is 17.8 Å². The van der Waals surface area contributed by atoms with Gasteiger partial charge in [-0.3, -0.25) is 4.79 Å². The Morgan fingerprint density at radius 2 is 1.71 bits per heavy atom. The first kappa shape index (κ1) is 27.3. The van der Waals surface area contributed by atoms with Gasteiger partial charge in [-0.05, 0) is 35.9 Å². The molecule has 0 saturated heterocycles. The molecule has 0 aromatic heterocycles. The normalized spacial score (nSPS) is 12.2. The summed E-state index contributed by atoms with van der Waals surface area (Å²) in [7, 11) is -9.09. The zero-order chi connectivity index (χ0) is 25.7. The first-order valence-corrected chi connectivity index (χ1v) is 12.6. The lowest BCUT2D eigenvalue weighted by atomic mass is 10.0. The summed E-state index contributed by atoms with van der Waals surface area (Å²) < 4.78 is 92.5. The van der Waals surface area contributed by atoms with Gasteiger partial charge in [0.15, 0.2) is 0 Å². The van der Waals surface area contributed by atoms with E-state index in [1.807, 2.05) is 0 Å². The van der Waals surface area contributed by atoms with Crippen LogP contribution in [0.25, 0.3) is 0 Å². The monoisotopic (exact) mass is 518 g/mol. The number of carbonyl (C=O) groups is 1. The lowest BCUT2D eigenvalue weighted by Gasteiger charge is -2.12. The summed E-state index contributed by atoms with van der Waals surface area (Å²) in [6.07, 6.45) is -4.57. The largest absolute Gasteiger partial charge is 0.411 e. The van der Waals surface area contributed by atoms with Crippen LogP contribution in [0.2, 0.25) is 0 Å². The lowest BCUT2D eigenvalue weighted by Crippen LogP contribution is -2.32. The molecule has 0 atom stereocenters. The Labute approximate surface area is 195 Å². The molecule has 0 heterocycles. The van der Waals surface area contributed by atoms with Crippen molar-refractivity contribution in [3.05, 3.63) is 59.2 Å². The van der Waals surface area contributed by atoms with Gasteiger partial charge in [0, 0.05) is 17.0 Å². The SMILES string of the molecule is CC(C)C#Cc1ccc(C(=O)NS(=O)(=O)c2ccccc2S(N)(=O)=O)cc1COCC(F)(F)F. The number of ether oxygens (including phenoxy) is 1. The van der Waals surface area contributed by atoms with Crippen LogP contribution in [0.1, 0.15) is 35.3 Å². The van der Waals surface area contributed by atoms with Gasteiger partial charge in [0.1, 0.15) is 16.4 Å². The Hall–Kier alpha value is -2.92. The number of amides is 1. The quantitative estimate of drug-likeness (QED) is 0.542. The van der Waals surface area contributed by atoms with Crippen molar-refractivity contribution in [2.45, 2.75) is 36.4 Å². The number of rotatable bonds is 7. The van der Waals surface area contributed by atoms with E-state index in [2.05, 4.69) is 16.6 Å². The average molecular weight is 519 g/mol. The molecule has 0 saturated carbocycles. The van der Waals surface area contributed by atoms with Gasteiger partial charge in [-0.2, -0.15) is 13.2 Å². The standard InChI is InChI=1S/C21H21F3N2O6S2/c1-14(2)7-8-15-9-10-16(11-17(15)12-32-13-21(22,23)24)20(27)26-34(30,31)19-6-4-3-5-18(19)33(25,28)29/h3-6,9-11,14H,12-13H2,1-2H3,(H,26,27)(H2,25,28,29). The van der Waals surface area contributed by atoms with Crippen molar-refractivity contribution < 1.29 is 39.5 Å². The molecule has 0 bridgehead atoms. The van der Waals surface area contributed by atoms with Gasteiger partial charge >= 0.3 is 6.18 Å². The molecule has 2 rings (SSSR count). The molecule has 0 aliphatic rings. The zero-order valence-electron chi connectivity index (χ0n) is 18.0. The molecular formula is C21H21F3N2O6S2. The highest BCUT2D eigenvalue weighted by molar-refractivity contribution is 7.92. The molecule has 0 aliphatic carbocycles. The molecule has 3 N–H and O–H groups in total. The fourth-order valence-corrected chi connectivity index (χ4v) is 4.98. The summed E-state index contributed by atoms with van der Waals surface area (Å²) in [5.41, 5.74) is 0.208. The number of hydrogen-bond donors (Lipinski definition) is 2. The fourth-order valence-electron chi connectivity index (χ4n) is 2.62. The third kappa shape index (κ3) is 7.84. The van der Waals surface area contributed by atoms with Gasteiger partial charge in [0.2, 0.25) is 10.0 Å². The number of alkyl halides is 3. The zero-order valence-corrected chi connectivity index (χ0v) is 19.6. The molecule has 0 unspecified atom stereocenters. The molecule has 184 valence electrons. The van der Waals surface area contributed by atoms with E-state index < -0.39 is 55.1 Å². The van der Waals surface area contributed by atoms with Crippen molar-refractivity contribution in [1.82, 2.24) is 4.72 Å². The number of sulfonamides is 2. The van der Waals surface area contributed by atoms with E-state index >= 15 is 0 Å². The number of hydrogen-bond acceptors (Lipinski definition) is 6. The molecule has 0 aliphatic heterocycles. The summed E-state index contributed by atoms with van der Waals surface area (Å²) >= 11 is 0. The predicted octanol–water partition coefficient (Wildman–Crippen LogP) is 2.54. The number of primary sulfonamides is 1. The van der Waals surface area contributed by atoms with E-state index in [1.54, 1.807) is 18.6 Å². The maximum Gasteiger partial charge on any atom is 0.411 e. The van der Waals surface area contributed by atoms with Crippen LogP contribution >= 0.6 is 0 Å². The Kier molecular flexibility index (Phi) is 8.49. The minimum absolute atomic E-state index is 0.0454. The summed E-state index contributed by atoms with van der Waals surface area (Å²) in [5, 5.41) is 5.05. The predicted molar refractivity (Wildman–Crippen MR) is 116 cm³/mol. The summed E-state index contributed by atoms with van der Waals surface area (Å²) in [6, 6.07) is 8.15. The number of nitrogens with two attached hydrogens (primary N) is 1. The molecule has 2 aromatic carbocycles. The maximum atomic E-state index is 12.7. The van der Waals surface area contributed by atoms with Gasteiger partial charge < -0.3 is 4.74 Å². The Morgan fingerprint density at radius 1 is 1.09 bits per heavy atom. The van der Waals surface area contributed by atoms with Crippen LogP contribution in [0.5, 0.6) is 0 Å². The van der Waals surface area contributed by atoms with Crippen molar-refractivity contribution in [2.24, 2.45) is 11.1 Å². The van der Waals surface area contributed by atoms with Crippen LogP contribution in [-0.2, 0) is 31.4 Å². The van der Waals surface area contributed by atoms with Crippen LogP contribution in [-0.4, -0.2) is 35.5 Å². The molecule has 13 heteroatoms. The topological polar surface area (TPSA) is 133 Å². The molecule has 1 amide bonds. The van der Waals surface area contributed by atoms with Crippen molar-refractivity contribution in [1.29, 1.82) is 0 Å². The minimum Gasteiger partial charge on any atom is -0.367 e. The summed E-state index contributed by atoms with van der Waals surface area (Å²) in [4.78, 5) is 11.2. The first-order valence-electron chi connectivity index (χ1n) is 9.58. The van der Waals surface area contributed by atoms with Crippen molar-refractivity contribution in [3.8, 4) is 11.8 Å². The molecule has 0 spiro atoms.